The molecule has 0 aliphatic carbocycles. The smallest absolute Gasteiger partial charge is 0.409 e. The highest BCUT2D eigenvalue weighted by atomic mass is 32.2. The van der Waals surface area contributed by atoms with Crippen LogP contribution in [0.5, 0.6) is 0 Å². The van der Waals surface area contributed by atoms with Crippen molar-refractivity contribution in [3.63, 3.8) is 0 Å². The summed E-state index contributed by atoms with van der Waals surface area (Å²) < 4.78 is 5.11. The molecule has 0 spiro atoms. The van der Waals surface area contributed by atoms with Gasteiger partial charge in [0.05, 0.1) is 18.7 Å². The summed E-state index contributed by atoms with van der Waals surface area (Å²) in [4.78, 5) is 28.3. The fourth-order valence-corrected chi connectivity index (χ4v) is 4.77. The van der Waals surface area contributed by atoms with Crippen LogP contribution in [-0.2, 0) is 11.3 Å². The molecular weight excluding hydrogens is 386 g/mol. The van der Waals surface area contributed by atoms with E-state index in [2.05, 4.69) is 34.9 Å². The minimum atomic E-state index is -0.213. The number of piperazine rings is 1. The van der Waals surface area contributed by atoms with Crippen molar-refractivity contribution in [1.82, 2.24) is 19.8 Å². The van der Waals surface area contributed by atoms with Gasteiger partial charge in [-0.1, -0.05) is 11.6 Å². The van der Waals surface area contributed by atoms with Crippen LogP contribution in [0.4, 0.5) is 10.6 Å². The molecule has 0 bridgehead atoms. The summed E-state index contributed by atoms with van der Waals surface area (Å²) in [5.74, 6) is 4.21. The lowest BCUT2D eigenvalue weighted by Crippen LogP contribution is -2.48. The SMILES string of the molecule is CCOC(=O)N1CCN(Cc2nc(N3CCSCC3)c3cc(C)ccc3n2)CC1. The molecule has 0 radical (unpaired) electrons. The number of ether oxygens (including phenoxy) is 1. The zero-order chi connectivity index (χ0) is 20.2. The molecule has 2 aliphatic heterocycles. The number of carbonyl (C=O) groups is 1. The molecule has 0 unspecified atom stereocenters. The number of hydrogen-bond acceptors (Lipinski definition) is 7. The molecule has 156 valence electrons. The third-order valence-corrected chi connectivity index (χ3v) is 6.39. The van der Waals surface area contributed by atoms with Gasteiger partial charge in [-0.25, -0.2) is 14.8 Å². The van der Waals surface area contributed by atoms with E-state index >= 15 is 0 Å². The first kappa shape index (κ1) is 20.2. The van der Waals surface area contributed by atoms with Crippen molar-refractivity contribution in [3.05, 3.63) is 29.6 Å². The van der Waals surface area contributed by atoms with Gasteiger partial charge in [0.2, 0.25) is 0 Å². The van der Waals surface area contributed by atoms with Crippen LogP contribution in [0.2, 0.25) is 0 Å². The van der Waals surface area contributed by atoms with Gasteiger partial charge < -0.3 is 14.5 Å². The van der Waals surface area contributed by atoms with Crippen molar-refractivity contribution in [1.29, 1.82) is 0 Å². The molecule has 0 atom stereocenters. The molecule has 0 saturated carbocycles. The zero-order valence-electron chi connectivity index (χ0n) is 17.3. The summed E-state index contributed by atoms with van der Waals surface area (Å²) in [5, 5.41) is 1.15. The largest absolute Gasteiger partial charge is 0.450 e. The predicted molar refractivity (Wildman–Crippen MR) is 118 cm³/mol. The molecule has 29 heavy (non-hydrogen) atoms. The Bertz CT molecular complexity index is 864. The predicted octanol–water partition coefficient (Wildman–Crippen LogP) is 2.77. The topological polar surface area (TPSA) is 61.8 Å². The number of benzene rings is 1. The molecule has 7 nitrogen and oxygen atoms in total. The van der Waals surface area contributed by atoms with E-state index in [4.69, 9.17) is 14.7 Å². The van der Waals surface area contributed by atoms with E-state index in [9.17, 15) is 4.79 Å². The van der Waals surface area contributed by atoms with Crippen molar-refractivity contribution in [2.24, 2.45) is 0 Å². The monoisotopic (exact) mass is 415 g/mol. The summed E-state index contributed by atoms with van der Waals surface area (Å²) >= 11 is 2.00. The van der Waals surface area contributed by atoms with Crippen molar-refractivity contribution < 1.29 is 9.53 Å². The lowest BCUT2D eigenvalue weighted by molar-refractivity contribution is 0.0772. The fraction of sp³-hybridized carbons (Fsp3) is 0.571. The second kappa shape index (κ2) is 9.17. The molecule has 1 aromatic carbocycles. The van der Waals surface area contributed by atoms with Crippen LogP contribution >= 0.6 is 11.8 Å². The molecule has 2 saturated heterocycles. The molecule has 2 aromatic rings. The summed E-state index contributed by atoms with van der Waals surface area (Å²) in [6.07, 6.45) is -0.213. The summed E-state index contributed by atoms with van der Waals surface area (Å²) in [7, 11) is 0. The van der Waals surface area contributed by atoms with Gasteiger partial charge in [-0.2, -0.15) is 11.8 Å². The molecule has 8 heteroatoms. The number of hydrogen-bond donors (Lipinski definition) is 0. The molecule has 2 aliphatic rings. The number of carbonyl (C=O) groups excluding carboxylic acids is 1. The normalized spacial score (nSPS) is 18.3. The third kappa shape index (κ3) is 4.75. The van der Waals surface area contributed by atoms with Crippen LogP contribution in [-0.4, -0.2) is 83.2 Å². The highest BCUT2D eigenvalue weighted by Gasteiger charge is 2.23. The minimum Gasteiger partial charge on any atom is -0.450 e. The second-order valence-electron chi connectivity index (χ2n) is 7.55. The molecule has 4 rings (SSSR count). The number of aryl methyl sites for hydroxylation is 1. The zero-order valence-corrected chi connectivity index (χ0v) is 18.1. The highest BCUT2D eigenvalue weighted by Crippen LogP contribution is 2.27. The van der Waals surface area contributed by atoms with Gasteiger partial charge in [-0.15, -0.1) is 0 Å². The van der Waals surface area contributed by atoms with Crippen molar-refractivity contribution in [2.45, 2.75) is 20.4 Å². The number of aromatic nitrogens is 2. The third-order valence-electron chi connectivity index (χ3n) is 5.45. The van der Waals surface area contributed by atoms with Gasteiger partial charge in [-0.05, 0) is 26.0 Å². The molecular formula is C21H29N5O2S. The minimum absolute atomic E-state index is 0.213. The van der Waals surface area contributed by atoms with Crippen LogP contribution in [0.15, 0.2) is 18.2 Å². The summed E-state index contributed by atoms with van der Waals surface area (Å²) in [5.41, 5.74) is 2.25. The Morgan fingerprint density at radius 3 is 2.59 bits per heavy atom. The Morgan fingerprint density at radius 2 is 1.86 bits per heavy atom. The Kier molecular flexibility index (Phi) is 6.40. The number of fused-ring (bicyclic) bond motifs is 1. The first-order valence-electron chi connectivity index (χ1n) is 10.4. The van der Waals surface area contributed by atoms with E-state index in [1.54, 1.807) is 4.90 Å². The van der Waals surface area contributed by atoms with E-state index in [0.717, 1.165) is 60.2 Å². The van der Waals surface area contributed by atoms with Gasteiger partial charge >= 0.3 is 6.09 Å². The Hall–Kier alpha value is -2.06. The van der Waals surface area contributed by atoms with Gasteiger partial charge in [0, 0.05) is 56.2 Å². The maximum absolute atomic E-state index is 11.9. The average molecular weight is 416 g/mol. The van der Waals surface area contributed by atoms with Crippen LogP contribution < -0.4 is 4.90 Å². The van der Waals surface area contributed by atoms with E-state index in [-0.39, 0.29) is 6.09 Å². The molecule has 1 amide bonds. The lowest BCUT2D eigenvalue weighted by Gasteiger charge is -2.34. The highest BCUT2D eigenvalue weighted by molar-refractivity contribution is 7.99. The van der Waals surface area contributed by atoms with E-state index in [1.807, 2.05) is 18.7 Å². The fourth-order valence-electron chi connectivity index (χ4n) is 3.86. The summed E-state index contributed by atoms with van der Waals surface area (Å²) in [6.45, 7) is 10.1. The summed E-state index contributed by atoms with van der Waals surface area (Å²) in [6, 6.07) is 6.43. The molecule has 0 N–H and O–H groups in total. The molecule has 1 aromatic heterocycles. The van der Waals surface area contributed by atoms with E-state index in [0.29, 0.717) is 26.2 Å². The number of nitrogens with zero attached hydrogens (tertiary/aromatic N) is 5. The first-order valence-corrected chi connectivity index (χ1v) is 11.5. The first-order chi connectivity index (χ1) is 14.1. The van der Waals surface area contributed by atoms with Gasteiger partial charge in [0.25, 0.3) is 0 Å². The van der Waals surface area contributed by atoms with Gasteiger partial charge in [-0.3, -0.25) is 4.90 Å². The van der Waals surface area contributed by atoms with E-state index < -0.39 is 0 Å². The van der Waals surface area contributed by atoms with Crippen LogP contribution in [0.1, 0.15) is 18.3 Å². The van der Waals surface area contributed by atoms with Crippen molar-refractivity contribution in [3.8, 4) is 0 Å². The standard InChI is InChI=1S/C21H29N5O2S/c1-3-28-21(27)26-8-6-24(7-9-26)15-19-22-18-5-4-16(2)14-17(18)20(23-19)25-10-12-29-13-11-25/h4-5,14H,3,6-13,15H2,1-2H3. The van der Waals surface area contributed by atoms with E-state index in [1.165, 1.54) is 5.56 Å². The lowest BCUT2D eigenvalue weighted by atomic mass is 10.1. The van der Waals surface area contributed by atoms with Crippen LogP contribution in [0, 0.1) is 6.92 Å². The van der Waals surface area contributed by atoms with Crippen molar-refractivity contribution >= 4 is 34.6 Å². The quantitative estimate of drug-likeness (QED) is 0.761. The number of anilines is 1. The molecule has 3 heterocycles. The molecule has 2 fully saturated rings. The second-order valence-corrected chi connectivity index (χ2v) is 8.77. The maximum atomic E-state index is 11.9. The van der Waals surface area contributed by atoms with Crippen LogP contribution in [0.25, 0.3) is 10.9 Å². The Balaban J connectivity index is 1.52. The number of rotatable bonds is 4. The van der Waals surface area contributed by atoms with Crippen LogP contribution in [0.3, 0.4) is 0 Å². The number of amides is 1. The van der Waals surface area contributed by atoms with Crippen molar-refractivity contribution in [2.75, 3.05) is 62.3 Å². The Labute approximate surface area is 176 Å². The average Bonchev–Trinajstić information content (AvgIpc) is 2.75. The Morgan fingerprint density at radius 1 is 1.10 bits per heavy atom. The van der Waals surface area contributed by atoms with Gasteiger partial charge in [0.1, 0.15) is 11.6 Å². The van der Waals surface area contributed by atoms with Gasteiger partial charge in [0.15, 0.2) is 0 Å². The number of thioether (sulfide) groups is 1. The maximum Gasteiger partial charge on any atom is 0.409 e.